The van der Waals surface area contributed by atoms with E-state index in [1.54, 1.807) is 27.8 Å². The predicted octanol–water partition coefficient (Wildman–Crippen LogP) is 4.08. The van der Waals surface area contributed by atoms with Crippen LogP contribution >= 0.6 is 0 Å². The van der Waals surface area contributed by atoms with Crippen LogP contribution < -0.4 is 14.8 Å². The van der Waals surface area contributed by atoms with Crippen molar-refractivity contribution in [3.05, 3.63) is 17.7 Å². The maximum absolute atomic E-state index is 15.4. The molecule has 39 heavy (non-hydrogen) atoms. The van der Waals surface area contributed by atoms with Gasteiger partial charge in [0.15, 0.2) is 17.4 Å². The van der Waals surface area contributed by atoms with Gasteiger partial charge in [0.05, 0.1) is 25.8 Å². The lowest BCUT2D eigenvalue weighted by molar-refractivity contribution is -0.120. The first-order valence-corrected chi connectivity index (χ1v) is 13.3. The van der Waals surface area contributed by atoms with E-state index in [1.165, 1.54) is 16.4 Å². The summed E-state index contributed by atoms with van der Waals surface area (Å²) in [6, 6.07) is 1.04. The van der Waals surface area contributed by atoms with E-state index in [-0.39, 0.29) is 60.0 Å². The Morgan fingerprint density at radius 3 is 2.36 bits per heavy atom. The van der Waals surface area contributed by atoms with Gasteiger partial charge in [-0.15, -0.1) is 0 Å². The Morgan fingerprint density at radius 2 is 1.74 bits per heavy atom. The van der Waals surface area contributed by atoms with Crippen molar-refractivity contribution in [1.29, 1.82) is 0 Å². The SMILES string of the molecule is CC(=O)N[C@@H](C)COC1CCC(Oc2nc3c(F)cc(OC4CN(C(=O)OC(C)(C)C)C4)c(F)c3n2C)CC1. The van der Waals surface area contributed by atoms with E-state index in [0.717, 1.165) is 18.9 Å². The summed E-state index contributed by atoms with van der Waals surface area (Å²) in [7, 11) is 1.57. The predicted molar refractivity (Wildman–Crippen MR) is 139 cm³/mol. The normalized spacial score (nSPS) is 20.9. The Balaban J connectivity index is 1.34. The largest absolute Gasteiger partial charge is 0.483 e. The molecule has 0 spiro atoms. The first-order chi connectivity index (χ1) is 18.3. The summed E-state index contributed by atoms with van der Waals surface area (Å²) in [6.45, 7) is 9.55. The molecule has 1 N–H and O–H groups in total. The van der Waals surface area contributed by atoms with Gasteiger partial charge in [0.2, 0.25) is 5.91 Å². The van der Waals surface area contributed by atoms with Gasteiger partial charge in [0.1, 0.15) is 28.8 Å². The zero-order chi connectivity index (χ0) is 28.5. The minimum absolute atomic E-state index is 0.0488. The Morgan fingerprint density at radius 1 is 1.10 bits per heavy atom. The second kappa shape index (κ2) is 11.5. The number of rotatable bonds is 8. The van der Waals surface area contributed by atoms with E-state index in [9.17, 15) is 14.0 Å². The number of aromatic nitrogens is 2. The lowest BCUT2D eigenvalue weighted by Crippen LogP contribution is -2.57. The Labute approximate surface area is 226 Å². The van der Waals surface area contributed by atoms with Crippen LogP contribution in [0.3, 0.4) is 0 Å². The third kappa shape index (κ3) is 7.09. The van der Waals surface area contributed by atoms with Gasteiger partial charge in [-0.25, -0.2) is 13.6 Å². The zero-order valence-electron chi connectivity index (χ0n) is 23.4. The third-order valence-corrected chi connectivity index (χ3v) is 6.68. The second-order valence-corrected chi connectivity index (χ2v) is 11.4. The van der Waals surface area contributed by atoms with Gasteiger partial charge in [-0.05, 0) is 53.4 Å². The smallest absolute Gasteiger partial charge is 0.410 e. The minimum atomic E-state index is -0.739. The highest BCUT2D eigenvalue weighted by atomic mass is 19.1. The first-order valence-electron chi connectivity index (χ1n) is 13.3. The molecule has 0 radical (unpaired) electrons. The number of fused-ring (bicyclic) bond motifs is 1. The molecule has 0 bridgehead atoms. The van der Waals surface area contributed by atoms with Crippen molar-refractivity contribution in [1.82, 2.24) is 19.8 Å². The van der Waals surface area contributed by atoms with E-state index >= 15 is 4.39 Å². The standard InChI is InChI=1S/C27H38F2N4O6/c1-15(30-16(2)34)14-36-17-7-9-18(10-8-17)38-25-31-23-20(28)11-21(22(29)24(23)32(25)6)37-19-12-33(13-19)26(35)39-27(3,4)5/h11,15,17-19H,7-10,12-14H2,1-6H3,(H,30,34)/t15-,17?,18?/m0/s1. The van der Waals surface area contributed by atoms with Crippen LogP contribution in [0.25, 0.3) is 11.0 Å². The molecule has 0 unspecified atom stereocenters. The number of nitrogens with zero attached hydrogens (tertiary/aromatic N) is 3. The fourth-order valence-corrected chi connectivity index (χ4v) is 4.75. The fourth-order valence-electron chi connectivity index (χ4n) is 4.75. The molecule has 1 saturated carbocycles. The van der Waals surface area contributed by atoms with E-state index in [0.29, 0.717) is 19.4 Å². The number of carbonyl (C=O) groups is 2. The van der Waals surface area contributed by atoms with Gasteiger partial charge in [0, 0.05) is 26.1 Å². The topological polar surface area (TPSA) is 104 Å². The van der Waals surface area contributed by atoms with Crippen LogP contribution in [-0.2, 0) is 21.3 Å². The zero-order valence-corrected chi connectivity index (χ0v) is 23.4. The molecule has 2 amide bonds. The highest BCUT2D eigenvalue weighted by Crippen LogP contribution is 2.34. The summed E-state index contributed by atoms with van der Waals surface area (Å²) < 4.78 is 54.7. The van der Waals surface area contributed by atoms with Crippen molar-refractivity contribution in [2.24, 2.45) is 7.05 Å². The molecule has 1 atom stereocenters. The lowest BCUT2D eigenvalue weighted by Gasteiger charge is -2.39. The molecule has 1 aromatic carbocycles. The van der Waals surface area contributed by atoms with Crippen molar-refractivity contribution in [3.63, 3.8) is 0 Å². The van der Waals surface area contributed by atoms with E-state index in [1.807, 2.05) is 6.92 Å². The highest BCUT2D eigenvalue weighted by Gasteiger charge is 2.36. The number of imidazole rings is 1. The molecule has 1 aliphatic carbocycles. The molecule has 10 nitrogen and oxygen atoms in total. The molecule has 1 saturated heterocycles. The average Bonchev–Trinajstić information content (AvgIpc) is 3.13. The monoisotopic (exact) mass is 552 g/mol. The summed E-state index contributed by atoms with van der Waals surface area (Å²) in [5, 5.41) is 2.80. The summed E-state index contributed by atoms with van der Waals surface area (Å²) in [5.41, 5.74) is -0.805. The highest BCUT2D eigenvalue weighted by molar-refractivity contribution is 5.80. The fraction of sp³-hybridized carbons (Fsp3) is 0.667. The molecular formula is C27H38F2N4O6. The number of hydrogen-bond acceptors (Lipinski definition) is 7. The van der Waals surface area contributed by atoms with Crippen LogP contribution in [0.15, 0.2) is 6.07 Å². The average molecular weight is 553 g/mol. The number of hydrogen-bond donors (Lipinski definition) is 1. The van der Waals surface area contributed by atoms with Crippen LogP contribution in [0.5, 0.6) is 11.8 Å². The van der Waals surface area contributed by atoms with Crippen LogP contribution in [0.1, 0.15) is 60.3 Å². The Bertz CT molecular complexity index is 1200. The first kappa shape index (κ1) is 28.8. The van der Waals surface area contributed by atoms with Crippen molar-refractivity contribution >= 4 is 23.0 Å². The van der Waals surface area contributed by atoms with Crippen molar-refractivity contribution in [3.8, 4) is 11.8 Å². The number of benzene rings is 1. The number of aryl methyl sites for hydroxylation is 1. The van der Waals surface area contributed by atoms with Gasteiger partial charge in [-0.1, -0.05) is 0 Å². The Hall–Kier alpha value is -3.15. The van der Waals surface area contributed by atoms with Crippen molar-refractivity contribution in [2.75, 3.05) is 19.7 Å². The van der Waals surface area contributed by atoms with Gasteiger partial charge in [0.25, 0.3) is 6.01 Å². The van der Waals surface area contributed by atoms with Crippen LogP contribution in [0.2, 0.25) is 0 Å². The van der Waals surface area contributed by atoms with Gasteiger partial charge >= 0.3 is 6.09 Å². The molecule has 1 aliphatic heterocycles. The molecule has 2 aromatic rings. The number of carbonyl (C=O) groups excluding carboxylic acids is 2. The van der Waals surface area contributed by atoms with Crippen molar-refractivity contribution < 1.29 is 37.3 Å². The van der Waals surface area contributed by atoms with Crippen LogP contribution in [0.4, 0.5) is 13.6 Å². The summed E-state index contributed by atoms with van der Waals surface area (Å²) in [5.74, 6) is -1.79. The van der Waals surface area contributed by atoms with Gasteiger partial charge in [-0.2, -0.15) is 4.98 Å². The molecule has 12 heteroatoms. The number of likely N-dealkylation sites (tertiary alicyclic amines) is 1. The van der Waals surface area contributed by atoms with Gasteiger partial charge < -0.3 is 29.2 Å². The Kier molecular flexibility index (Phi) is 8.53. The van der Waals surface area contributed by atoms with E-state index in [2.05, 4.69) is 10.3 Å². The van der Waals surface area contributed by atoms with Crippen LogP contribution in [-0.4, -0.2) is 76.1 Å². The minimum Gasteiger partial charge on any atom is -0.483 e. The summed E-state index contributed by atoms with van der Waals surface area (Å²) >= 11 is 0. The molecule has 4 rings (SSSR count). The number of nitrogens with one attached hydrogen (secondary N) is 1. The summed E-state index contributed by atoms with van der Waals surface area (Å²) in [4.78, 5) is 28.9. The lowest BCUT2D eigenvalue weighted by atomic mass is 9.95. The summed E-state index contributed by atoms with van der Waals surface area (Å²) in [6.07, 6.45) is 1.89. The molecule has 1 aromatic heterocycles. The molecule has 216 valence electrons. The van der Waals surface area contributed by atoms with Gasteiger partial charge in [-0.3, -0.25) is 9.36 Å². The maximum atomic E-state index is 15.4. The van der Waals surface area contributed by atoms with E-state index < -0.39 is 29.4 Å². The molecular weight excluding hydrogens is 514 g/mol. The van der Waals surface area contributed by atoms with E-state index in [4.69, 9.17) is 18.9 Å². The molecule has 2 fully saturated rings. The maximum Gasteiger partial charge on any atom is 0.410 e. The van der Waals surface area contributed by atoms with Crippen molar-refractivity contribution in [2.45, 2.75) is 90.3 Å². The number of ether oxygens (including phenoxy) is 4. The molecule has 2 aliphatic rings. The second-order valence-electron chi connectivity index (χ2n) is 11.4. The third-order valence-electron chi connectivity index (χ3n) is 6.68. The quantitative estimate of drug-likeness (QED) is 0.526. The molecule has 2 heterocycles. The number of halogens is 2. The van der Waals surface area contributed by atoms with Crippen LogP contribution in [0, 0.1) is 11.6 Å². The number of amides is 2.